The molecule has 0 radical (unpaired) electrons. The van der Waals surface area contributed by atoms with Crippen LogP contribution in [0, 0.1) is 17.8 Å². The number of fused-ring (bicyclic) bond motifs is 1. The molecule has 1 aromatic rings. The average Bonchev–Trinajstić information content (AvgIpc) is 3.48. The van der Waals surface area contributed by atoms with Crippen molar-refractivity contribution in [3.63, 3.8) is 0 Å². The standard InChI is InChI=1S/C28H34BrClN2O6/c1-5-11-31(18-9-7-17(30)8-10-18)26(35)24-28-14-20(29)23(38-28)21(27(36)37-12-6-2)22(28)25(34)32(24)19(15-33)13-16(3)4/h5-10,16,19-24,33H,1-2,11-15H2,3-4H3/t19-,20?,21-,22+,23-,24?,28?/m1/s1. The number of hydrogen-bond acceptors (Lipinski definition) is 6. The SMILES string of the molecule is C=CCOC(=O)[C@H]1[C@@H]2OC3(CC2Br)C(C(=O)N(CC=C)c2ccc(Cl)cc2)N([C@@H](CO)CC(C)C)C(=O)[C@H]13. The Balaban J connectivity index is 1.83. The molecule has 3 unspecified atom stereocenters. The van der Waals surface area contributed by atoms with Gasteiger partial charge in [-0.05, 0) is 43.0 Å². The monoisotopic (exact) mass is 608 g/mol. The van der Waals surface area contributed by atoms with Crippen LogP contribution in [0.25, 0.3) is 0 Å². The molecule has 206 valence electrons. The first kappa shape index (κ1) is 28.8. The molecule has 0 aromatic heterocycles. The van der Waals surface area contributed by atoms with E-state index in [0.29, 0.717) is 23.6 Å². The number of aliphatic hydroxyl groups excluding tert-OH is 1. The molecular formula is C28H34BrClN2O6. The molecule has 3 aliphatic heterocycles. The van der Waals surface area contributed by atoms with Crippen molar-refractivity contribution in [1.82, 2.24) is 4.90 Å². The summed E-state index contributed by atoms with van der Waals surface area (Å²) < 4.78 is 11.9. The highest BCUT2D eigenvalue weighted by molar-refractivity contribution is 9.09. The van der Waals surface area contributed by atoms with E-state index < -0.39 is 41.6 Å². The van der Waals surface area contributed by atoms with Crippen LogP contribution in [0.5, 0.6) is 0 Å². The Labute approximate surface area is 236 Å². The summed E-state index contributed by atoms with van der Waals surface area (Å²) in [6.45, 7) is 11.2. The molecule has 0 saturated carbocycles. The zero-order chi connectivity index (χ0) is 27.8. The highest BCUT2D eigenvalue weighted by atomic mass is 79.9. The highest BCUT2D eigenvalue weighted by Gasteiger charge is 2.77. The van der Waals surface area contributed by atoms with E-state index in [1.54, 1.807) is 35.2 Å². The van der Waals surface area contributed by atoms with Crippen LogP contribution in [-0.2, 0) is 23.9 Å². The smallest absolute Gasteiger partial charge is 0.312 e. The van der Waals surface area contributed by atoms with Gasteiger partial charge in [0.15, 0.2) is 0 Å². The third-order valence-corrected chi connectivity index (χ3v) is 8.74. The Morgan fingerprint density at radius 3 is 2.58 bits per heavy atom. The number of carbonyl (C=O) groups excluding carboxylic acids is 3. The maximum atomic E-state index is 14.5. The van der Waals surface area contributed by atoms with Crippen LogP contribution in [0.1, 0.15) is 26.7 Å². The van der Waals surface area contributed by atoms with E-state index in [-0.39, 0.29) is 42.3 Å². The van der Waals surface area contributed by atoms with Crippen molar-refractivity contribution in [3.8, 4) is 0 Å². The predicted molar refractivity (Wildman–Crippen MR) is 148 cm³/mol. The number of ether oxygens (including phenoxy) is 2. The van der Waals surface area contributed by atoms with Gasteiger partial charge in [0.05, 0.1) is 30.6 Å². The third-order valence-electron chi connectivity index (χ3n) is 7.64. The molecule has 2 amide bonds. The number of esters is 1. The van der Waals surface area contributed by atoms with Gasteiger partial charge < -0.3 is 24.4 Å². The number of amides is 2. The zero-order valence-corrected chi connectivity index (χ0v) is 23.9. The number of rotatable bonds is 11. The molecule has 1 spiro atoms. The summed E-state index contributed by atoms with van der Waals surface area (Å²) in [5.41, 5.74) is -0.679. The molecule has 10 heteroatoms. The number of halogens is 2. The Bertz CT molecular complexity index is 1100. The van der Waals surface area contributed by atoms with Crippen molar-refractivity contribution in [3.05, 3.63) is 54.6 Å². The second-order valence-electron chi connectivity index (χ2n) is 10.5. The lowest BCUT2D eigenvalue weighted by Gasteiger charge is -2.39. The molecule has 3 aliphatic rings. The topological polar surface area (TPSA) is 96.4 Å². The van der Waals surface area contributed by atoms with E-state index in [9.17, 15) is 19.5 Å². The second-order valence-corrected chi connectivity index (χ2v) is 12.1. The molecular weight excluding hydrogens is 576 g/mol. The van der Waals surface area contributed by atoms with Crippen molar-refractivity contribution >= 4 is 51.0 Å². The number of likely N-dealkylation sites (tertiary alicyclic amines) is 1. The molecule has 38 heavy (non-hydrogen) atoms. The van der Waals surface area contributed by atoms with E-state index in [1.807, 2.05) is 13.8 Å². The summed E-state index contributed by atoms with van der Waals surface area (Å²) in [4.78, 5) is 44.7. The minimum absolute atomic E-state index is 0.00524. The molecule has 0 aliphatic carbocycles. The normalized spacial score (nSPS) is 30.3. The molecule has 3 fully saturated rings. The molecule has 3 heterocycles. The van der Waals surface area contributed by atoms with Gasteiger partial charge in [0.2, 0.25) is 5.91 Å². The number of aliphatic hydroxyl groups is 1. The maximum Gasteiger partial charge on any atom is 0.312 e. The van der Waals surface area contributed by atoms with Crippen LogP contribution in [0.3, 0.4) is 0 Å². The Morgan fingerprint density at radius 2 is 2.00 bits per heavy atom. The summed E-state index contributed by atoms with van der Waals surface area (Å²) in [6, 6.07) is 5.14. The summed E-state index contributed by atoms with van der Waals surface area (Å²) in [5, 5.41) is 10.9. The van der Waals surface area contributed by atoms with Crippen LogP contribution in [0.4, 0.5) is 5.69 Å². The fourth-order valence-electron chi connectivity index (χ4n) is 6.29. The van der Waals surface area contributed by atoms with Crippen molar-refractivity contribution in [2.75, 3.05) is 24.7 Å². The lowest BCUT2D eigenvalue weighted by atomic mass is 9.70. The van der Waals surface area contributed by atoms with Gasteiger partial charge in [-0.3, -0.25) is 14.4 Å². The summed E-state index contributed by atoms with van der Waals surface area (Å²) in [6.07, 6.45) is 3.28. The highest BCUT2D eigenvalue weighted by Crippen LogP contribution is 2.61. The minimum atomic E-state index is -1.26. The number of benzene rings is 1. The van der Waals surface area contributed by atoms with Gasteiger partial charge in [-0.2, -0.15) is 0 Å². The fourth-order valence-corrected chi connectivity index (χ4v) is 7.36. The van der Waals surface area contributed by atoms with E-state index in [2.05, 4.69) is 29.1 Å². The summed E-state index contributed by atoms with van der Waals surface area (Å²) in [7, 11) is 0. The minimum Gasteiger partial charge on any atom is -0.461 e. The van der Waals surface area contributed by atoms with E-state index in [0.717, 1.165) is 0 Å². The van der Waals surface area contributed by atoms with Gasteiger partial charge in [0.1, 0.15) is 18.2 Å². The van der Waals surface area contributed by atoms with Gasteiger partial charge in [0.25, 0.3) is 5.91 Å². The van der Waals surface area contributed by atoms with E-state index >= 15 is 0 Å². The van der Waals surface area contributed by atoms with Gasteiger partial charge in [-0.15, -0.1) is 6.58 Å². The molecule has 1 aromatic carbocycles. The van der Waals surface area contributed by atoms with Crippen molar-refractivity contribution in [1.29, 1.82) is 0 Å². The quantitative estimate of drug-likeness (QED) is 0.233. The number of hydrogen-bond donors (Lipinski definition) is 1. The number of anilines is 1. The molecule has 3 saturated heterocycles. The van der Waals surface area contributed by atoms with Crippen molar-refractivity contribution in [2.24, 2.45) is 17.8 Å². The van der Waals surface area contributed by atoms with Crippen LogP contribution < -0.4 is 4.90 Å². The van der Waals surface area contributed by atoms with Crippen molar-refractivity contribution in [2.45, 2.75) is 55.3 Å². The summed E-state index contributed by atoms with van der Waals surface area (Å²) in [5.74, 6) is -2.96. The van der Waals surface area contributed by atoms with E-state index in [4.69, 9.17) is 21.1 Å². The lowest BCUT2D eigenvalue weighted by molar-refractivity contribution is -0.154. The Morgan fingerprint density at radius 1 is 1.32 bits per heavy atom. The number of alkyl halides is 1. The molecule has 4 rings (SSSR count). The first-order valence-electron chi connectivity index (χ1n) is 12.8. The van der Waals surface area contributed by atoms with E-state index in [1.165, 1.54) is 11.0 Å². The van der Waals surface area contributed by atoms with Crippen LogP contribution >= 0.6 is 27.5 Å². The average molecular weight is 610 g/mol. The van der Waals surface area contributed by atoms with Gasteiger partial charge in [-0.25, -0.2) is 0 Å². The first-order chi connectivity index (χ1) is 18.1. The summed E-state index contributed by atoms with van der Waals surface area (Å²) >= 11 is 9.74. The molecule has 1 N–H and O–H groups in total. The van der Waals surface area contributed by atoms with Gasteiger partial charge in [0, 0.05) is 22.1 Å². The molecule has 2 bridgehead atoms. The first-order valence-corrected chi connectivity index (χ1v) is 14.1. The Kier molecular flexibility index (Phi) is 8.71. The van der Waals surface area contributed by atoms with Gasteiger partial charge >= 0.3 is 5.97 Å². The molecule has 7 atom stereocenters. The second kappa shape index (κ2) is 11.5. The van der Waals surface area contributed by atoms with Crippen molar-refractivity contribution < 1.29 is 29.0 Å². The Hall–Kier alpha value is -2.20. The largest absolute Gasteiger partial charge is 0.461 e. The fraction of sp³-hybridized carbons (Fsp3) is 0.536. The number of carbonyl (C=O) groups is 3. The number of nitrogens with zero attached hydrogens (tertiary/aromatic N) is 2. The predicted octanol–water partition coefficient (Wildman–Crippen LogP) is 3.74. The zero-order valence-electron chi connectivity index (χ0n) is 21.6. The molecule has 8 nitrogen and oxygen atoms in total. The third kappa shape index (κ3) is 4.83. The lowest BCUT2D eigenvalue weighted by Crippen LogP contribution is -2.59. The van der Waals surface area contributed by atoms with Gasteiger partial charge in [-0.1, -0.05) is 60.1 Å². The van der Waals surface area contributed by atoms with Crippen LogP contribution in [-0.4, -0.2) is 76.2 Å². The van der Waals surface area contributed by atoms with Crippen LogP contribution in [0.15, 0.2) is 49.6 Å². The van der Waals surface area contributed by atoms with Crippen LogP contribution in [0.2, 0.25) is 5.02 Å². The maximum absolute atomic E-state index is 14.5.